The average Bonchev–Trinajstić information content (AvgIpc) is 3.44. The lowest BCUT2D eigenvalue weighted by molar-refractivity contribution is 0.391. The molecule has 0 N–H and O–H groups in total. The molecule has 0 spiro atoms. The topological polar surface area (TPSA) is 73.8 Å². The zero-order valence-electron chi connectivity index (χ0n) is 16.0. The van der Waals surface area contributed by atoms with E-state index < -0.39 is 0 Å². The normalized spacial score (nSPS) is 11.2. The highest BCUT2D eigenvalue weighted by Gasteiger charge is 2.15. The van der Waals surface area contributed by atoms with E-state index >= 15 is 0 Å². The highest BCUT2D eigenvalue weighted by atomic mass is 32.2. The summed E-state index contributed by atoms with van der Waals surface area (Å²) >= 11 is 2.87. The smallest absolute Gasteiger partial charge is 0.271 e. The van der Waals surface area contributed by atoms with Crippen molar-refractivity contribution in [1.29, 1.82) is 0 Å². The van der Waals surface area contributed by atoms with E-state index in [0.717, 1.165) is 16.0 Å². The monoisotopic (exact) mass is 432 g/mol. The van der Waals surface area contributed by atoms with Crippen LogP contribution in [0, 0.1) is 0 Å². The maximum absolute atomic E-state index is 12.9. The van der Waals surface area contributed by atoms with Crippen LogP contribution in [0.15, 0.2) is 81.2 Å². The minimum atomic E-state index is -0.0508. The van der Waals surface area contributed by atoms with Crippen LogP contribution in [-0.4, -0.2) is 19.7 Å². The van der Waals surface area contributed by atoms with E-state index in [9.17, 15) is 4.79 Å². The molecule has 3 aromatic heterocycles. The molecule has 0 aliphatic carbocycles. The van der Waals surface area contributed by atoms with Crippen LogP contribution in [0.2, 0.25) is 0 Å². The first-order valence-corrected chi connectivity index (χ1v) is 11.1. The van der Waals surface area contributed by atoms with Gasteiger partial charge in [-0.05, 0) is 11.6 Å². The van der Waals surface area contributed by atoms with Crippen molar-refractivity contribution in [3.8, 4) is 21.8 Å². The minimum absolute atomic E-state index is 0.0508. The summed E-state index contributed by atoms with van der Waals surface area (Å²) < 4.78 is 7.60. The van der Waals surface area contributed by atoms with Gasteiger partial charge in [-0.25, -0.2) is 4.98 Å². The van der Waals surface area contributed by atoms with Crippen molar-refractivity contribution < 1.29 is 4.52 Å². The fourth-order valence-corrected chi connectivity index (χ4v) is 4.94. The van der Waals surface area contributed by atoms with Crippen molar-refractivity contribution in [2.75, 3.05) is 0 Å². The Hall–Kier alpha value is -3.23. The predicted molar refractivity (Wildman–Crippen MR) is 120 cm³/mol. The second kappa shape index (κ2) is 7.89. The molecule has 0 unspecified atom stereocenters. The van der Waals surface area contributed by atoms with Gasteiger partial charge in [-0.2, -0.15) is 4.98 Å². The summed E-state index contributed by atoms with van der Waals surface area (Å²) in [5, 5.41) is 4.65. The molecule has 30 heavy (non-hydrogen) atoms. The third kappa shape index (κ3) is 3.55. The van der Waals surface area contributed by atoms with Crippen molar-refractivity contribution in [2.45, 2.75) is 10.9 Å². The zero-order chi connectivity index (χ0) is 20.5. The van der Waals surface area contributed by atoms with Crippen LogP contribution >= 0.6 is 23.1 Å². The molecule has 2 aromatic carbocycles. The van der Waals surface area contributed by atoms with Crippen LogP contribution in [-0.2, 0) is 12.8 Å². The summed E-state index contributed by atoms with van der Waals surface area (Å²) in [6.07, 6.45) is 0. The Balaban J connectivity index is 1.42. The molecule has 0 radical (unpaired) electrons. The van der Waals surface area contributed by atoms with E-state index in [4.69, 9.17) is 9.51 Å². The highest BCUT2D eigenvalue weighted by Crippen LogP contribution is 2.32. The molecule has 0 saturated heterocycles. The van der Waals surface area contributed by atoms with Crippen LogP contribution in [0.5, 0.6) is 0 Å². The molecular weight excluding hydrogens is 416 g/mol. The second-order valence-electron chi connectivity index (χ2n) is 6.62. The Bertz CT molecular complexity index is 1380. The molecule has 0 amide bonds. The largest absolute Gasteiger partial charge is 0.338 e. The van der Waals surface area contributed by atoms with Gasteiger partial charge in [0.25, 0.3) is 5.56 Å². The lowest BCUT2D eigenvalue weighted by Gasteiger charge is -2.05. The maximum Gasteiger partial charge on any atom is 0.271 e. The Kier molecular flexibility index (Phi) is 4.94. The SMILES string of the molecule is Cn1c(SCc2nc(-c3ccccc3)no2)nc2cc(-c3ccccc3)sc2c1=O. The van der Waals surface area contributed by atoms with Gasteiger partial charge in [0.1, 0.15) is 4.70 Å². The number of thiophene rings is 1. The van der Waals surface area contributed by atoms with Gasteiger partial charge in [-0.15, -0.1) is 11.3 Å². The number of thioether (sulfide) groups is 1. The molecule has 5 rings (SSSR count). The van der Waals surface area contributed by atoms with Crippen LogP contribution in [0.3, 0.4) is 0 Å². The number of hydrogen-bond donors (Lipinski definition) is 0. The first-order chi connectivity index (χ1) is 14.7. The van der Waals surface area contributed by atoms with E-state index in [0.29, 0.717) is 32.8 Å². The average molecular weight is 433 g/mol. The van der Waals surface area contributed by atoms with E-state index in [2.05, 4.69) is 10.1 Å². The van der Waals surface area contributed by atoms with Crippen LogP contribution in [0.4, 0.5) is 0 Å². The van der Waals surface area contributed by atoms with Crippen LogP contribution < -0.4 is 5.56 Å². The predicted octanol–water partition coefficient (Wildman–Crippen LogP) is 5.00. The van der Waals surface area contributed by atoms with Crippen molar-refractivity contribution in [3.05, 3.63) is 83.0 Å². The molecule has 5 aromatic rings. The van der Waals surface area contributed by atoms with E-state index in [-0.39, 0.29) is 5.56 Å². The fraction of sp³-hybridized carbons (Fsp3) is 0.0909. The van der Waals surface area contributed by atoms with Crippen LogP contribution in [0.1, 0.15) is 5.89 Å². The third-order valence-corrected chi connectivity index (χ3v) is 6.77. The molecule has 0 aliphatic heterocycles. The number of fused-ring (bicyclic) bond motifs is 1. The highest BCUT2D eigenvalue weighted by molar-refractivity contribution is 7.98. The Morgan fingerprint density at radius 3 is 2.43 bits per heavy atom. The first kappa shape index (κ1) is 18.8. The first-order valence-electron chi connectivity index (χ1n) is 9.26. The number of aromatic nitrogens is 4. The standard InChI is InChI=1S/C22H16N4O2S2/c1-26-21(27)19-16(12-17(30-19)14-8-4-2-5-9-14)23-22(26)29-13-18-24-20(25-28-18)15-10-6-3-7-11-15/h2-12H,13H2,1H3. The molecule has 0 bridgehead atoms. The lowest BCUT2D eigenvalue weighted by Crippen LogP contribution is -2.18. The molecule has 0 atom stereocenters. The molecular formula is C22H16N4O2S2. The van der Waals surface area contributed by atoms with Crippen molar-refractivity contribution in [3.63, 3.8) is 0 Å². The van der Waals surface area contributed by atoms with Crippen LogP contribution in [0.25, 0.3) is 32.0 Å². The zero-order valence-corrected chi connectivity index (χ0v) is 17.6. The summed E-state index contributed by atoms with van der Waals surface area (Å²) in [7, 11) is 1.74. The molecule has 3 heterocycles. The molecule has 8 heteroatoms. The summed E-state index contributed by atoms with van der Waals surface area (Å²) in [4.78, 5) is 23.0. The van der Waals surface area contributed by atoms with E-state index in [1.54, 1.807) is 11.6 Å². The van der Waals surface area contributed by atoms with Gasteiger partial charge >= 0.3 is 0 Å². The van der Waals surface area contributed by atoms with Crippen molar-refractivity contribution >= 4 is 33.3 Å². The molecule has 148 valence electrons. The third-order valence-electron chi connectivity index (χ3n) is 4.60. The van der Waals surface area contributed by atoms with Gasteiger partial charge in [-0.3, -0.25) is 9.36 Å². The summed E-state index contributed by atoms with van der Waals surface area (Å²) in [6.45, 7) is 0. The lowest BCUT2D eigenvalue weighted by atomic mass is 10.2. The Morgan fingerprint density at radius 2 is 1.70 bits per heavy atom. The van der Waals surface area contributed by atoms with Gasteiger partial charge in [-0.1, -0.05) is 77.6 Å². The number of rotatable bonds is 5. The summed E-state index contributed by atoms with van der Waals surface area (Å²) in [5.74, 6) is 1.47. The summed E-state index contributed by atoms with van der Waals surface area (Å²) in [5.41, 5.74) is 2.64. The Labute approximate surface area is 180 Å². The quantitative estimate of drug-likeness (QED) is 0.287. The van der Waals surface area contributed by atoms with E-state index in [1.807, 2.05) is 66.7 Å². The molecule has 0 saturated carbocycles. The van der Waals surface area contributed by atoms with Gasteiger partial charge in [0.2, 0.25) is 11.7 Å². The minimum Gasteiger partial charge on any atom is -0.338 e. The number of hydrogen-bond acceptors (Lipinski definition) is 7. The van der Waals surface area contributed by atoms with Gasteiger partial charge in [0.15, 0.2) is 5.16 Å². The van der Waals surface area contributed by atoms with Crippen molar-refractivity contribution in [2.24, 2.45) is 7.05 Å². The number of nitrogens with zero attached hydrogens (tertiary/aromatic N) is 4. The van der Waals surface area contributed by atoms with Gasteiger partial charge < -0.3 is 4.52 Å². The molecule has 0 aliphatic rings. The van der Waals surface area contributed by atoms with Gasteiger partial charge in [0.05, 0.1) is 11.3 Å². The van der Waals surface area contributed by atoms with Gasteiger partial charge in [0, 0.05) is 17.5 Å². The van der Waals surface area contributed by atoms with Crippen molar-refractivity contribution in [1.82, 2.24) is 19.7 Å². The summed E-state index contributed by atoms with van der Waals surface area (Å²) in [6, 6.07) is 21.7. The molecule has 6 nitrogen and oxygen atoms in total. The Morgan fingerprint density at radius 1 is 1.00 bits per heavy atom. The maximum atomic E-state index is 12.9. The van der Waals surface area contributed by atoms with E-state index in [1.165, 1.54) is 23.1 Å². The number of benzene rings is 2. The fourth-order valence-electron chi connectivity index (χ4n) is 3.05. The molecule has 0 fully saturated rings. The second-order valence-corrected chi connectivity index (χ2v) is 8.61.